The summed E-state index contributed by atoms with van der Waals surface area (Å²) in [5.74, 6) is 1.14. The standard InChI is InChI=1S/C19H24N4O5S2/c1-26-12-13-27-14-22-10-7-20-19(22)15-4-8-23(9-5-15)30(24,25)18-3-2-17(29-18)16-6-11-28-21-16/h2-3,6-7,10-11,15H,4-5,8-9,12-14H2,1H3. The molecule has 0 amide bonds. The summed E-state index contributed by atoms with van der Waals surface area (Å²) in [6.07, 6.45) is 6.56. The maximum atomic E-state index is 13.1. The highest BCUT2D eigenvalue weighted by molar-refractivity contribution is 7.91. The van der Waals surface area contributed by atoms with Gasteiger partial charge < -0.3 is 18.6 Å². The van der Waals surface area contributed by atoms with Crippen molar-refractivity contribution in [2.75, 3.05) is 33.4 Å². The van der Waals surface area contributed by atoms with Gasteiger partial charge in [0.15, 0.2) is 0 Å². The Labute approximate surface area is 179 Å². The van der Waals surface area contributed by atoms with Gasteiger partial charge >= 0.3 is 0 Å². The Kier molecular flexibility index (Phi) is 6.64. The zero-order chi connectivity index (χ0) is 21.0. The molecule has 0 aliphatic carbocycles. The quantitative estimate of drug-likeness (QED) is 0.460. The van der Waals surface area contributed by atoms with Crippen LogP contribution < -0.4 is 0 Å². The van der Waals surface area contributed by atoms with Gasteiger partial charge in [0.1, 0.15) is 28.7 Å². The van der Waals surface area contributed by atoms with E-state index in [1.807, 2.05) is 10.8 Å². The SMILES string of the molecule is COCCOCn1ccnc1C1CCN(S(=O)(=O)c2ccc(-c3ccon3)s2)CC1. The molecule has 4 rings (SSSR count). The molecule has 162 valence electrons. The van der Waals surface area contributed by atoms with E-state index in [0.717, 1.165) is 23.5 Å². The number of ether oxygens (including phenoxy) is 2. The summed E-state index contributed by atoms with van der Waals surface area (Å²) in [5, 5.41) is 3.87. The summed E-state index contributed by atoms with van der Waals surface area (Å²) >= 11 is 1.21. The Morgan fingerprint density at radius 2 is 2.07 bits per heavy atom. The summed E-state index contributed by atoms with van der Waals surface area (Å²) in [6.45, 7) is 2.39. The third-order valence-corrected chi connectivity index (χ3v) is 8.57. The number of imidazole rings is 1. The van der Waals surface area contributed by atoms with Crippen LogP contribution in [0.5, 0.6) is 0 Å². The van der Waals surface area contributed by atoms with Gasteiger partial charge in [-0.15, -0.1) is 11.3 Å². The molecule has 3 aromatic heterocycles. The molecular weight excluding hydrogens is 428 g/mol. The number of hydrogen-bond donors (Lipinski definition) is 0. The van der Waals surface area contributed by atoms with Gasteiger partial charge in [-0.1, -0.05) is 5.16 Å². The summed E-state index contributed by atoms with van der Waals surface area (Å²) in [5.41, 5.74) is 0.639. The van der Waals surface area contributed by atoms with Gasteiger partial charge in [0.2, 0.25) is 0 Å². The highest BCUT2D eigenvalue weighted by Gasteiger charge is 2.32. The molecule has 1 aliphatic rings. The molecule has 30 heavy (non-hydrogen) atoms. The number of methoxy groups -OCH3 is 1. The monoisotopic (exact) mass is 452 g/mol. The number of rotatable bonds is 9. The predicted molar refractivity (Wildman–Crippen MR) is 111 cm³/mol. The van der Waals surface area contributed by atoms with Crippen LogP contribution >= 0.6 is 11.3 Å². The van der Waals surface area contributed by atoms with Crippen LogP contribution in [0.15, 0.2) is 45.6 Å². The number of thiophene rings is 1. The lowest BCUT2D eigenvalue weighted by atomic mass is 9.97. The van der Waals surface area contributed by atoms with E-state index in [1.54, 1.807) is 35.8 Å². The third kappa shape index (κ3) is 4.49. The molecule has 1 aliphatic heterocycles. The molecule has 0 unspecified atom stereocenters. The first kappa shape index (κ1) is 21.2. The molecule has 11 heteroatoms. The number of hydrogen-bond acceptors (Lipinski definition) is 8. The van der Waals surface area contributed by atoms with E-state index in [4.69, 9.17) is 14.0 Å². The minimum atomic E-state index is -3.53. The third-order valence-electron chi connectivity index (χ3n) is 5.09. The van der Waals surface area contributed by atoms with Crippen molar-refractivity contribution in [2.45, 2.75) is 29.7 Å². The zero-order valence-electron chi connectivity index (χ0n) is 16.6. The molecule has 0 bridgehead atoms. The second-order valence-electron chi connectivity index (χ2n) is 6.97. The summed E-state index contributed by atoms with van der Waals surface area (Å²) in [6, 6.07) is 5.12. The van der Waals surface area contributed by atoms with Gasteiger partial charge in [-0.05, 0) is 25.0 Å². The van der Waals surface area contributed by atoms with E-state index in [1.165, 1.54) is 17.6 Å². The smallest absolute Gasteiger partial charge is 0.252 e. The Bertz CT molecular complexity index is 1040. The first-order chi connectivity index (χ1) is 14.6. The van der Waals surface area contributed by atoms with Crippen molar-refractivity contribution in [2.24, 2.45) is 0 Å². The van der Waals surface area contributed by atoms with Crippen molar-refractivity contribution in [1.29, 1.82) is 0 Å². The van der Waals surface area contributed by atoms with Crippen molar-refractivity contribution in [3.8, 4) is 10.6 Å². The van der Waals surface area contributed by atoms with E-state index in [2.05, 4.69) is 10.1 Å². The molecule has 3 aromatic rings. The van der Waals surface area contributed by atoms with E-state index in [-0.39, 0.29) is 5.92 Å². The number of nitrogens with zero attached hydrogens (tertiary/aromatic N) is 4. The minimum Gasteiger partial charge on any atom is -0.382 e. The van der Waals surface area contributed by atoms with Crippen LogP contribution in [0.25, 0.3) is 10.6 Å². The molecule has 0 spiro atoms. The highest BCUT2D eigenvalue weighted by Crippen LogP contribution is 2.34. The van der Waals surface area contributed by atoms with Crippen molar-refractivity contribution < 1.29 is 22.4 Å². The van der Waals surface area contributed by atoms with Crippen LogP contribution in [-0.4, -0.2) is 60.8 Å². The van der Waals surface area contributed by atoms with E-state index >= 15 is 0 Å². The maximum absolute atomic E-state index is 13.1. The molecule has 1 saturated heterocycles. The molecule has 4 heterocycles. The van der Waals surface area contributed by atoms with Crippen LogP contribution in [0.4, 0.5) is 0 Å². The molecule has 9 nitrogen and oxygen atoms in total. The maximum Gasteiger partial charge on any atom is 0.252 e. The topological polar surface area (TPSA) is 99.7 Å². The van der Waals surface area contributed by atoms with Crippen LogP contribution in [-0.2, 0) is 26.2 Å². The minimum absolute atomic E-state index is 0.200. The van der Waals surface area contributed by atoms with Crippen molar-refractivity contribution in [1.82, 2.24) is 19.0 Å². The van der Waals surface area contributed by atoms with Crippen LogP contribution in [0, 0.1) is 0 Å². The fourth-order valence-corrected chi connectivity index (χ4v) is 6.40. The number of aromatic nitrogens is 3. The van der Waals surface area contributed by atoms with Gasteiger partial charge in [0, 0.05) is 44.6 Å². The Hall–Kier alpha value is -2.05. The summed E-state index contributed by atoms with van der Waals surface area (Å²) < 4.78 is 45.4. The van der Waals surface area contributed by atoms with Gasteiger partial charge in [0.05, 0.1) is 18.1 Å². The second kappa shape index (κ2) is 9.40. The molecule has 0 radical (unpaired) electrons. The van der Waals surface area contributed by atoms with Crippen LogP contribution in [0.2, 0.25) is 0 Å². The molecule has 0 saturated carbocycles. The van der Waals surface area contributed by atoms with Gasteiger partial charge in [-0.2, -0.15) is 4.31 Å². The predicted octanol–water partition coefficient (Wildman–Crippen LogP) is 2.79. The van der Waals surface area contributed by atoms with Crippen molar-refractivity contribution in [3.63, 3.8) is 0 Å². The first-order valence-corrected chi connectivity index (χ1v) is 11.9. The zero-order valence-corrected chi connectivity index (χ0v) is 18.3. The van der Waals surface area contributed by atoms with Gasteiger partial charge in [0.25, 0.3) is 10.0 Å². The average Bonchev–Trinajstić information content (AvgIpc) is 3.52. The van der Waals surface area contributed by atoms with E-state index in [0.29, 0.717) is 42.9 Å². The number of sulfonamides is 1. The summed E-state index contributed by atoms with van der Waals surface area (Å²) in [4.78, 5) is 5.26. The molecular formula is C19H24N4O5S2. The van der Waals surface area contributed by atoms with Gasteiger partial charge in [-0.3, -0.25) is 0 Å². The lowest BCUT2D eigenvalue weighted by molar-refractivity contribution is 0.0321. The lowest BCUT2D eigenvalue weighted by Crippen LogP contribution is -2.38. The molecule has 0 aromatic carbocycles. The summed E-state index contributed by atoms with van der Waals surface area (Å²) in [7, 11) is -1.89. The van der Waals surface area contributed by atoms with E-state index < -0.39 is 10.0 Å². The lowest BCUT2D eigenvalue weighted by Gasteiger charge is -2.30. The van der Waals surface area contributed by atoms with Crippen LogP contribution in [0.1, 0.15) is 24.6 Å². The Morgan fingerprint density at radius 3 is 2.80 bits per heavy atom. The largest absolute Gasteiger partial charge is 0.382 e. The highest BCUT2D eigenvalue weighted by atomic mass is 32.2. The first-order valence-electron chi connectivity index (χ1n) is 9.68. The number of piperidine rings is 1. The Balaban J connectivity index is 1.38. The van der Waals surface area contributed by atoms with Crippen molar-refractivity contribution in [3.05, 3.63) is 42.7 Å². The second-order valence-corrected chi connectivity index (χ2v) is 10.2. The molecule has 1 fully saturated rings. The molecule has 0 atom stereocenters. The van der Waals surface area contributed by atoms with Gasteiger partial charge in [-0.25, -0.2) is 13.4 Å². The van der Waals surface area contributed by atoms with Crippen LogP contribution in [0.3, 0.4) is 0 Å². The normalized spacial score (nSPS) is 16.3. The fraction of sp³-hybridized carbons (Fsp3) is 0.474. The Morgan fingerprint density at radius 1 is 1.23 bits per heavy atom. The van der Waals surface area contributed by atoms with Crippen molar-refractivity contribution >= 4 is 21.4 Å². The fourth-order valence-electron chi connectivity index (χ4n) is 3.51. The molecule has 0 N–H and O–H groups in total. The average molecular weight is 453 g/mol. The van der Waals surface area contributed by atoms with E-state index in [9.17, 15) is 8.42 Å².